The minimum absolute atomic E-state index is 0.525. The molecule has 0 radical (unpaired) electrons. The van der Waals surface area contributed by atoms with E-state index in [1.807, 2.05) is 11.8 Å². The molecule has 1 aromatic heterocycles. The van der Waals surface area contributed by atoms with Crippen molar-refractivity contribution in [3.63, 3.8) is 0 Å². The Balaban J connectivity index is 1.67. The Hall–Kier alpha value is 0.300. The molecule has 0 bridgehead atoms. The maximum atomic E-state index is 6.16. The molecule has 4 heteroatoms. The molecule has 3 rings (SSSR count). The predicted molar refractivity (Wildman–Crippen MR) is 83.1 cm³/mol. The van der Waals surface area contributed by atoms with Crippen molar-refractivity contribution in [2.24, 2.45) is 0 Å². The van der Waals surface area contributed by atoms with Crippen molar-refractivity contribution in [3.05, 3.63) is 20.8 Å². The molecule has 1 nitrogen and oxygen atoms in total. The topological polar surface area (TPSA) is 12.0 Å². The number of thioether (sulfide) groups is 1. The Kier molecular flexibility index (Phi) is 3.95. The number of halogens is 1. The highest BCUT2D eigenvalue weighted by atomic mass is 35.5. The van der Waals surface area contributed by atoms with Crippen LogP contribution >= 0.6 is 34.7 Å². The van der Waals surface area contributed by atoms with Crippen LogP contribution in [0, 0.1) is 0 Å². The first-order valence-corrected chi connectivity index (χ1v) is 9.21. The van der Waals surface area contributed by atoms with Gasteiger partial charge in [-0.2, -0.15) is 11.8 Å². The minimum Gasteiger partial charge on any atom is -0.309 e. The van der Waals surface area contributed by atoms with Crippen LogP contribution in [0.3, 0.4) is 0 Å². The van der Waals surface area contributed by atoms with Gasteiger partial charge in [0.05, 0.1) is 4.34 Å². The molecule has 0 aromatic carbocycles. The molecule has 0 saturated heterocycles. The molecule has 0 spiro atoms. The van der Waals surface area contributed by atoms with Crippen molar-refractivity contribution in [2.75, 3.05) is 12.8 Å². The molecule has 1 unspecified atom stereocenters. The van der Waals surface area contributed by atoms with Crippen LogP contribution in [-0.4, -0.2) is 17.5 Å². The zero-order valence-corrected chi connectivity index (χ0v) is 13.2. The summed E-state index contributed by atoms with van der Waals surface area (Å²) in [5, 5.41) is 3.81. The zero-order chi connectivity index (χ0) is 12.6. The number of hydrogen-bond donors (Lipinski definition) is 1. The summed E-state index contributed by atoms with van der Waals surface area (Å²) in [7, 11) is 0. The fourth-order valence-corrected chi connectivity index (χ4v) is 5.38. The lowest BCUT2D eigenvalue weighted by molar-refractivity contribution is 0.322. The van der Waals surface area contributed by atoms with E-state index in [0.29, 0.717) is 10.8 Å². The standard InChI is InChI=1S/C14H20ClNS2/c1-17-14(6-3-7-14)9-16-11-4-2-5-12-10(11)8-13(15)18-12/h8,11,16H,2-7,9H2,1H3. The van der Waals surface area contributed by atoms with E-state index in [1.165, 1.54) is 49.0 Å². The molecule has 1 atom stereocenters. The third-order valence-corrected chi connectivity index (χ3v) is 7.21. The van der Waals surface area contributed by atoms with Gasteiger partial charge >= 0.3 is 0 Å². The number of aryl methyl sites for hydroxylation is 1. The van der Waals surface area contributed by atoms with Gasteiger partial charge in [0.2, 0.25) is 0 Å². The van der Waals surface area contributed by atoms with Crippen molar-refractivity contribution in [1.82, 2.24) is 5.32 Å². The fourth-order valence-electron chi connectivity index (χ4n) is 3.07. The average molecular weight is 302 g/mol. The quantitative estimate of drug-likeness (QED) is 0.868. The van der Waals surface area contributed by atoms with Crippen LogP contribution in [0.2, 0.25) is 4.34 Å². The van der Waals surface area contributed by atoms with Gasteiger partial charge in [0.1, 0.15) is 0 Å². The fraction of sp³-hybridized carbons (Fsp3) is 0.714. The second kappa shape index (κ2) is 5.35. The van der Waals surface area contributed by atoms with Crippen LogP contribution in [0.5, 0.6) is 0 Å². The molecule has 0 aliphatic heterocycles. The predicted octanol–water partition coefficient (Wildman–Crippen LogP) is 4.65. The summed E-state index contributed by atoms with van der Waals surface area (Å²) in [4.78, 5) is 1.51. The Labute approximate surface area is 123 Å². The van der Waals surface area contributed by atoms with Crippen LogP contribution < -0.4 is 5.32 Å². The average Bonchev–Trinajstić information content (AvgIpc) is 2.69. The van der Waals surface area contributed by atoms with Gasteiger partial charge in [-0.3, -0.25) is 0 Å². The smallest absolute Gasteiger partial charge is 0.0934 e. The van der Waals surface area contributed by atoms with E-state index in [4.69, 9.17) is 11.6 Å². The molecular weight excluding hydrogens is 282 g/mol. The van der Waals surface area contributed by atoms with Gasteiger partial charge in [0, 0.05) is 22.2 Å². The van der Waals surface area contributed by atoms with Crippen LogP contribution in [0.25, 0.3) is 0 Å². The summed E-state index contributed by atoms with van der Waals surface area (Å²) in [5.74, 6) is 0. The van der Waals surface area contributed by atoms with E-state index in [1.54, 1.807) is 11.3 Å². The summed E-state index contributed by atoms with van der Waals surface area (Å²) in [6.45, 7) is 1.16. The number of fused-ring (bicyclic) bond motifs is 1. The highest BCUT2D eigenvalue weighted by Crippen LogP contribution is 2.43. The van der Waals surface area contributed by atoms with E-state index in [-0.39, 0.29) is 0 Å². The molecule has 1 heterocycles. The zero-order valence-electron chi connectivity index (χ0n) is 10.8. The Bertz CT molecular complexity index is 420. The lowest BCUT2D eigenvalue weighted by Crippen LogP contribution is -2.44. The van der Waals surface area contributed by atoms with E-state index >= 15 is 0 Å². The molecule has 0 amide bonds. The largest absolute Gasteiger partial charge is 0.309 e. The summed E-state index contributed by atoms with van der Waals surface area (Å²) in [6, 6.07) is 2.73. The van der Waals surface area contributed by atoms with E-state index in [0.717, 1.165) is 10.9 Å². The van der Waals surface area contributed by atoms with Gasteiger partial charge in [-0.25, -0.2) is 0 Å². The van der Waals surface area contributed by atoms with Gasteiger partial charge in [-0.1, -0.05) is 18.0 Å². The summed E-state index contributed by atoms with van der Waals surface area (Å²) in [5.41, 5.74) is 1.48. The Morgan fingerprint density at radius 1 is 1.50 bits per heavy atom. The first-order chi connectivity index (χ1) is 8.72. The number of nitrogens with one attached hydrogen (secondary N) is 1. The number of hydrogen-bond acceptors (Lipinski definition) is 3. The number of rotatable bonds is 4. The van der Waals surface area contributed by atoms with Gasteiger partial charge in [0.15, 0.2) is 0 Å². The molecular formula is C14H20ClNS2. The lowest BCUT2D eigenvalue weighted by Gasteiger charge is -2.42. The van der Waals surface area contributed by atoms with Crippen molar-refractivity contribution in [1.29, 1.82) is 0 Å². The van der Waals surface area contributed by atoms with Crippen molar-refractivity contribution < 1.29 is 0 Å². The molecule has 1 aromatic rings. The Morgan fingerprint density at radius 3 is 3.00 bits per heavy atom. The molecule has 1 saturated carbocycles. The van der Waals surface area contributed by atoms with Crippen LogP contribution in [0.4, 0.5) is 0 Å². The highest BCUT2D eigenvalue weighted by molar-refractivity contribution is 8.00. The van der Waals surface area contributed by atoms with Gasteiger partial charge in [-0.05, 0) is 50.0 Å². The monoisotopic (exact) mass is 301 g/mol. The second-order valence-corrected chi connectivity index (χ2v) is 8.54. The minimum atomic E-state index is 0.525. The maximum Gasteiger partial charge on any atom is 0.0934 e. The first kappa shape index (κ1) is 13.3. The molecule has 2 aliphatic carbocycles. The van der Waals surface area contributed by atoms with Gasteiger partial charge in [-0.15, -0.1) is 11.3 Å². The maximum absolute atomic E-state index is 6.16. The normalized spacial score (nSPS) is 25.6. The van der Waals surface area contributed by atoms with Crippen LogP contribution in [0.1, 0.15) is 48.6 Å². The van der Waals surface area contributed by atoms with E-state index < -0.39 is 0 Å². The summed E-state index contributed by atoms with van der Waals surface area (Å²) >= 11 is 9.98. The summed E-state index contributed by atoms with van der Waals surface area (Å²) < 4.78 is 1.48. The van der Waals surface area contributed by atoms with Gasteiger partial charge in [0.25, 0.3) is 0 Å². The van der Waals surface area contributed by atoms with Crippen molar-refractivity contribution >= 4 is 34.7 Å². The van der Waals surface area contributed by atoms with Gasteiger partial charge < -0.3 is 5.32 Å². The molecule has 1 N–H and O–H groups in total. The molecule has 100 valence electrons. The van der Waals surface area contributed by atoms with E-state index in [9.17, 15) is 0 Å². The Morgan fingerprint density at radius 2 is 2.33 bits per heavy atom. The van der Waals surface area contributed by atoms with Crippen molar-refractivity contribution in [2.45, 2.75) is 49.3 Å². The highest BCUT2D eigenvalue weighted by Gasteiger charge is 2.36. The lowest BCUT2D eigenvalue weighted by atomic mass is 9.83. The van der Waals surface area contributed by atoms with Crippen molar-refractivity contribution in [3.8, 4) is 0 Å². The third-order valence-electron chi connectivity index (χ3n) is 4.45. The third kappa shape index (κ3) is 2.47. The molecule has 2 aliphatic rings. The molecule has 18 heavy (non-hydrogen) atoms. The number of thiophene rings is 1. The molecule has 1 fully saturated rings. The SMILES string of the molecule is CSC1(CNC2CCCc3sc(Cl)cc32)CCC1. The second-order valence-electron chi connectivity index (χ2n) is 5.50. The first-order valence-electron chi connectivity index (χ1n) is 6.79. The summed E-state index contributed by atoms with van der Waals surface area (Å²) in [6.07, 6.45) is 10.2. The van der Waals surface area contributed by atoms with Crippen LogP contribution in [0.15, 0.2) is 6.07 Å². The van der Waals surface area contributed by atoms with E-state index in [2.05, 4.69) is 17.6 Å². The van der Waals surface area contributed by atoms with Crippen LogP contribution in [-0.2, 0) is 6.42 Å².